The van der Waals surface area contributed by atoms with Gasteiger partial charge in [0.2, 0.25) is 5.91 Å². The van der Waals surface area contributed by atoms with Crippen molar-refractivity contribution in [2.24, 2.45) is 5.73 Å². The molecule has 122 valence electrons. The SMILES string of the molecule is Cc1ncc(CN2CCN(C(=O)C(N)c3ccccc3)CC2)s1. The van der Waals surface area contributed by atoms with Crippen LogP contribution in [0.2, 0.25) is 0 Å². The first-order chi connectivity index (χ1) is 11.1. The molecule has 6 heteroatoms. The number of thiazole rings is 1. The van der Waals surface area contributed by atoms with Crippen molar-refractivity contribution >= 4 is 17.2 Å². The Hall–Kier alpha value is -1.76. The summed E-state index contributed by atoms with van der Waals surface area (Å²) in [6.45, 7) is 6.16. The third kappa shape index (κ3) is 3.96. The lowest BCUT2D eigenvalue weighted by atomic mass is 10.1. The summed E-state index contributed by atoms with van der Waals surface area (Å²) >= 11 is 1.74. The Morgan fingerprint density at radius 3 is 2.57 bits per heavy atom. The van der Waals surface area contributed by atoms with Crippen molar-refractivity contribution in [2.75, 3.05) is 26.2 Å². The normalized spacial score (nSPS) is 17.2. The van der Waals surface area contributed by atoms with Crippen LogP contribution in [0.3, 0.4) is 0 Å². The molecule has 1 fully saturated rings. The number of aryl methyl sites for hydroxylation is 1. The zero-order valence-electron chi connectivity index (χ0n) is 13.3. The van der Waals surface area contributed by atoms with E-state index in [4.69, 9.17) is 5.73 Å². The van der Waals surface area contributed by atoms with Crippen LogP contribution >= 0.6 is 11.3 Å². The summed E-state index contributed by atoms with van der Waals surface area (Å²) < 4.78 is 0. The Kier molecular flexibility index (Phi) is 5.05. The van der Waals surface area contributed by atoms with Gasteiger partial charge in [0.15, 0.2) is 0 Å². The molecular formula is C17H22N4OS. The van der Waals surface area contributed by atoms with Gasteiger partial charge >= 0.3 is 0 Å². The number of nitrogens with two attached hydrogens (primary N) is 1. The van der Waals surface area contributed by atoms with E-state index < -0.39 is 6.04 Å². The third-order valence-corrected chi connectivity index (χ3v) is 5.05. The molecule has 1 saturated heterocycles. The molecule has 3 rings (SSSR count). The Labute approximate surface area is 140 Å². The number of nitrogens with zero attached hydrogens (tertiary/aromatic N) is 3. The molecule has 0 radical (unpaired) electrons. The molecule has 0 bridgehead atoms. The van der Waals surface area contributed by atoms with Gasteiger partial charge in [0.1, 0.15) is 6.04 Å². The monoisotopic (exact) mass is 330 g/mol. The first-order valence-electron chi connectivity index (χ1n) is 7.86. The maximum absolute atomic E-state index is 12.5. The number of hydrogen-bond donors (Lipinski definition) is 1. The minimum absolute atomic E-state index is 0.0180. The van der Waals surface area contributed by atoms with E-state index in [0.29, 0.717) is 0 Å². The largest absolute Gasteiger partial charge is 0.338 e. The van der Waals surface area contributed by atoms with E-state index in [0.717, 1.165) is 43.3 Å². The quantitative estimate of drug-likeness (QED) is 0.928. The molecule has 1 atom stereocenters. The van der Waals surface area contributed by atoms with E-state index in [9.17, 15) is 4.79 Å². The highest BCUT2D eigenvalue weighted by atomic mass is 32.1. The van der Waals surface area contributed by atoms with Crippen LogP contribution in [-0.2, 0) is 11.3 Å². The molecule has 0 saturated carbocycles. The van der Waals surface area contributed by atoms with Crippen molar-refractivity contribution in [3.63, 3.8) is 0 Å². The molecule has 1 aliphatic heterocycles. The van der Waals surface area contributed by atoms with Crippen molar-refractivity contribution in [1.29, 1.82) is 0 Å². The molecule has 1 amide bonds. The van der Waals surface area contributed by atoms with E-state index in [1.807, 2.05) is 48.4 Å². The van der Waals surface area contributed by atoms with Crippen LogP contribution in [0.15, 0.2) is 36.5 Å². The van der Waals surface area contributed by atoms with Gasteiger partial charge in [-0.15, -0.1) is 11.3 Å². The van der Waals surface area contributed by atoms with Gasteiger partial charge in [-0.3, -0.25) is 9.69 Å². The summed E-state index contributed by atoms with van der Waals surface area (Å²) in [5.74, 6) is 0.0180. The molecule has 2 N–H and O–H groups in total. The molecule has 1 aromatic carbocycles. The minimum Gasteiger partial charge on any atom is -0.338 e. The predicted octanol–water partition coefficient (Wildman–Crippen LogP) is 1.80. The molecule has 0 spiro atoms. The van der Waals surface area contributed by atoms with Crippen molar-refractivity contribution < 1.29 is 4.79 Å². The topological polar surface area (TPSA) is 62.5 Å². The third-order valence-electron chi connectivity index (χ3n) is 4.16. The highest BCUT2D eigenvalue weighted by molar-refractivity contribution is 7.11. The summed E-state index contributed by atoms with van der Waals surface area (Å²) in [4.78, 5) is 22.4. The highest BCUT2D eigenvalue weighted by Crippen LogP contribution is 2.17. The van der Waals surface area contributed by atoms with Gasteiger partial charge in [0.05, 0.1) is 5.01 Å². The van der Waals surface area contributed by atoms with Crippen molar-refractivity contribution in [3.05, 3.63) is 52.0 Å². The Balaban J connectivity index is 1.53. The lowest BCUT2D eigenvalue weighted by molar-refractivity contribution is -0.134. The van der Waals surface area contributed by atoms with E-state index in [2.05, 4.69) is 9.88 Å². The lowest BCUT2D eigenvalue weighted by Gasteiger charge is -2.35. The van der Waals surface area contributed by atoms with Crippen LogP contribution < -0.4 is 5.73 Å². The first-order valence-corrected chi connectivity index (χ1v) is 8.68. The van der Waals surface area contributed by atoms with Crippen LogP contribution in [0, 0.1) is 6.92 Å². The fraction of sp³-hybridized carbons (Fsp3) is 0.412. The lowest BCUT2D eigenvalue weighted by Crippen LogP contribution is -2.50. The zero-order chi connectivity index (χ0) is 16.2. The number of aromatic nitrogens is 1. The smallest absolute Gasteiger partial charge is 0.244 e. The van der Waals surface area contributed by atoms with Gasteiger partial charge in [-0.1, -0.05) is 30.3 Å². The fourth-order valence-corrected chi connectivity index (χ4v) is 3.66. The minimum atomic E-state index is -0.563. The van der Waals surface area contributed by atoms with Crippen molar-refractivity contribution in [2.45, 2.75) is 19.5 Å². The Morgan fingerprint density at radius 1 is 1.26 bits per heavy atom. The van der Waals surface area contributed by atoms with Crippen LogP contribution in [0.5, 0.6) is 0 Å². The van der Waals surface area contributed by atoms with E-state index in [-0.39, 0.29) is 5.91 Å². The second-order valence-corrected chi connectivity index (χ2v) is 7.15. The van der Waals surface area contributed by atoms with Gasteiger partial charge < -0.3 is 10.6 Å². The summed E-state index contributed by atoms with van der Waals surface area (Å²) in [7, 11) is 0. The summed E-state index contributed by atoms with van der Waals surface area (Å²) in [5, 5.41) is 1.10. The number of carbonyl (C=O) groups excluding carboxylic acids is 1. The Morgan fingerprint density at radius 2 is 1.96 bits per heavy atom. The summed E-state index contributed by atoms with van der Waals surface area (Å²) in [6, 6.07) is 9.01. The zero-order valence-corrected chi connectivity index (χ0v) is 14.1. The number of carbonyl (C=O) groups is 1. The second-order valence-electron chi connectivity index (χ2n) is 5.84. The molecule has 5 nitrogen and oxygen atoms in total. The number of amides is 1. The first kappa shape index (κ1) is 16.1. The number of benzene rings is 1. The average Bonchev–Trinajstić information content (AvgIpc) is 3.00. The maximum atomic E-state index is 12.5. The fourth-order valence-electron chi connectivity index (χ4n) is 2.82. The number of hydrogen-bond acceptors (Lipinski definition) is 5. The molecule has 2 heterocycles. The predicted molar refractivity (Wildman–Crippen MR) is 92.1 cm³/mol. The maximum Gasteiger partial charge on any atom is 0.244 e. The molecular weight excluding hydrogens is 308 g/mol. The van der Waals surface area contributed by atoms with Crippen LogP contribution in [0.25, 0.3) is 0 Å². The average molecular weight is 330 g/mol. The van der Waals surface area contributed by atoms with Gasteiger partial charge in [-0.05, 0) is 12.5 Å². The summed E-state index contributed by atoms with van der Waals surface area (Å²) in [6.07, 6.45) is 1.95. The molecule has 0 aliphatic carbocycles. The van der Waals surface area contributed by atoms with Crippen molar-refractivity contribution in [1.82, 2.24) is 14.8 Å². The van der Waals surface area contributed by atoms with Gasteiger partial charge in [-0.2, -0.15) is 0 Å². The number of rotatable bonds is 4. The van der Waals surface area contributed by atoms with E-state index in [1.165, 1.54) is 4.88 Å². The molecule has 1 aliphatic rings. The molecule has 23 heavy (non-hydrogen) atoms. The van der Waals surface area contributed by atoms with Crippen molar-refractivity contribution in [3.8, 4) is 0 Å². The second kappa shape index (κ2) is 7.21. The molecule has 1 unspecified atom stereocenters. The van der Waals surface area contributed by atoms with Gasteiger partial charge in [0.25, 0.3) is 0 Å². The van der Waals surface area contributed by atoms with Crippen LogP contribution in [0.1, 0.15) is 21.5 Å². The van der Waals surface area contributed by atoms with Gasteiger partial charge in [-0.25, -0.2) is 4.98 Å². The van der Waals surface area contributed by atoms with E-state index in [1.54, 1.807) is 11.3 Å². The van der Waals surface area contributed by atoms with Crippen LogP contribution in [0.4, 0.5) is 0 Å². The van der Waals surface area contributed by atoms with Gasteiger partial charge in [0, 0.05) is 43.8 Å². The molecule has 1 aromatic heterocycles. The molecule has 2 aromatic rings. The Bertz CT molecular complexity index is 650. The highest BCUT2D eigenvalue weighted by Gasteiger charge is 2.26. The summed E-state index contributed by atoms with van der Waals surface area (Å²) in [5.41, 5.74) is 6.99. The standard InChI is InChI=1S/C17H22N4OS/c1-13-19-11-15(23-13)12-20-7-9-21(10-8-20)17(22)16(18)14-5-3-2-4-6-14/h2-6,11,16H,7-10,12,18H2,1H3. The van der Waals surface area contributed by atoms with E-state index >= 15 is 0 Å². The number of piperazine rings is 1. The van der Waals surface area contributed by atoms with Crippen LogP contribution in [-0.4, -0.2) is 46.9 Å².